The molecule has 1 aliphatic heterocycles. The summed E-state index contributed by atoms with van der Waals surface area (Å²) in [5, 5.41) is 16.0. The van der Waals surface area contributed by atoms with E-state index in [1.54, 1.807) is 7.05 Å². The summed E-state index contributed by atoms with van der Waals surface area (Å²) >= 11 is 6.01. The third kappa shape index (κ3) is 4.26. The standard InChI is InChI=1S/C17H23ClN6/c1-19-17(20-9-8-13-5-4-6-14(18)11-13)21-12-16-23-22-15-7-2-3-10-24(15)16/h4-6,11H,2-3,7-10,12H2,1H3,(H2,19,20,21). The van der Waals surface area contributed by atoms with Crippen LogP contribution in [0.1, 0.15) is 30.1 Å². The van der Waals surface area contributed by atoms with Crippen LogP contribution in [-0.2, 0) is 25.9 Å². The van der Waals surface area contributed by atoms with Crippen LogP contribution in [0.3, 0.4) is 0 Å². The van der Waals surface area contributed by atoms with Crippen molar-refractivity contribution in [1.29, 1.82) is 0 Å². The number of aryl methyl sites for hydroxylation is 1. The van der Waals surface area contributed by atoms with Crippen LogP contribution in [0.5, 0.6) is 0 Å². The van der Waals surface area contributed by atoms with Crippen molar-refractivity contribution in [2.75, 3.05) is 13.6 Å². The molecule has 2 N–H and O–H groups in total. The molecule has 0 fully saturated rings. The molecule has 0 spiro atoms. The van der Waals surface area contributed by atoms with Crippen molar-refractivity contribution in [3.63, 3.8) is 0 Å². The molecule has 0 amide bonds. The van der Waals surface area contributed by atoms with Gasteiger partial charge in [0.15, 0.2) is 11.8 Å². The van der Waals surface area contributed by atoms with Crippen LogP contribution >= 0.6 is 11.6 Å². The van der Waals surface area contributed by atoms with E-state index < -0.39 is 0 Å². The van der Waals surface area contributed by atoms with Crippen molar-refractivity contribution in [3.05, 3.63) is 46.5 Å². The van der Waals surface area contributed by atoms with E-state index in [1.807, 2.05) is 18.2 Å². The van der Waals surface area contributed by atoms with Crippen molar-refractivity contribution in [2.24, 2.45) is 4.99 Å². The van der Waals surface area contributed by atoms with Crippen LogP contribution < -0.4 is 10.6 Å². The summed E-state index contributed by atoms with van der Waals surface area (Å²) < 4.78 is 2.22. The summed E-state index contributed by atoms with van der Waals surface area (Å²) in [5.41, 5.74) is 1.21. The Hall–Kier alpha value is -2.08. The van der Waals surface area contributed by atoms with Crippen LogP contribution in [0.25, 0.3) is 0 Å². The van der Waals surface area contributed by atoms with E-state index in [-0.39, 0.29) is 0 Å². The van der Waals surface area contributed by atoms with Crippen molar-refractivity contribution < 1.29 is 0 Å². The zero-order valence-corrected chi connectivity index (χ0v) is 14.7. The monoisotopic (exact) mass is 346 g/mol. The number of aliphatic imine (C=N–C) groups is 1. The number of fused-ring (bicyclic) bond motifs is 1. The van der Waals surface area contributed by atoms with Crippen molar-refractivity contribution in [2.45, 2.75) is 38.8 Å². The normalized spacial score (nSPS) is 14.3. The summed E-state index contributed by atoms with van der Waals surface area (Å²) in [5.74, 6) is 2.84. The van der Waals surface area contributed by atoms with Gasteiger partial charge < -0.3 is 15.2 Å². The lowest BCUT2D eigenvalue weighted by Gasteiger charge is -2.16. The lowest BCUT2D eigenvalue weighted by molar-refractivity contribution is 0.504. The van der Waals surface area contributed by atoms with Gasteiger partial charge in [-0.1, -0.05) is 23.7 Å². The molecule has 0 saturated carbocycles. The van der Waals surface area contributed by atoms with E-state index >= 15 is 0 Å². The lowest BCUT2D eigenvalue weighted by Crippen LogP contribution is -2.38. The van der Waals surface area contributed by atoms with Crippen molar-refractivity contribution in [3.8, 4) is 0 Å². The zero-order valence-electron chi connectivity index (χ0n) is 13.9. The molecule has 7 heteroatoms. The molecule has 2 aromatic rings. The Balaban J connectivity index is 1.48. The molecule has 0 unspecified atom stereocenters. The third-order valence-electron chi connectivity index (χ3n) is 4.17. The predicted octanol–water partition coefficient (Wildman–Crippen LogP) is 2.18. The molecule has 0 bridgehead atoms. The molecule has 3 rings (SSSR count). The number of benzene rings is 1. The summed E-state index contributed by atoms with van der Waals surface area (Å²) in [7, 11) is 1.77. The van der Waals surface area contributed by atoms with E-state index in [1.165, 1.54) is 18.4 Å². The van der Waals surface area contributed by atoms with E-state index in [9.17, 15) is 0 Å². The second kappa shape index (κ2) is 8.15. The van der Waals surface area contributed by atoms with E-state index in [2.05, 4.69) is 36.5 Å². The minimum atomic E-state index is 0.629. The Labute approximate surface area is 147 Å². The maximum absolute atomic E-state index is 6.01. The molecular formula is C17H23ClN6. The highest BCUT2D eigenvalue weighted by Crippen LogP contribution is 2.14. The summed E-state index contributed by atoms with van der Waals surface area (Å²) in [6, 6.07) is 7.92. The first-order valence-corrected chi connectivity index (χ1v) is 8.74. The Bertz CT molecular complexity index is 709. The largest absolute Gasteiger partial charge is 0.356 e. The Kier molecular flexibility index (Phi) is 5.69. The molecule has 0 saturated heterocycles. The summed E-state index contributed by atoms with van der Waals surface area (Å²) in [4.78, 5) is 4.26. The molecular weight excluding hydrogens is 324 g/mol. The molecule has 24 heavy (non-hydrogen) atoms. The van der Waals surface area contributed by atoms with Gasteiger partial charge in [-0.3, -0.25) is 4.99 Å². The zero-order chi connectivity index (χ0) is 16.8. The summed E-state index contributed by atoms with van der Waals surface area (Å²) in [6.07, 6.45) is 4.32. The first-order chi connectivity index (χ1) is 11.8. The first-order valence-electron chi connectivity index (χ1n) is 8.36. The molecule has 1 aliphatic rings. The van der Waals surface area contributed by atoms with Gasteiger partial charge in [0.1, 0.15) is 5.82 Å². The quantitative estimate of drug-likeness (QED) is 0.643. The lowest BCUT2D eigenvalue weighted by atomic mass is 10.1. The van der Waals surface area contributed by atoms with Gasteiger partial charge in [0.25, 0.3) is 0 Å². The Morgan fingerprint density at radius 3 is 3.04 bits per heavy atom. The molecule has 128 valence electrons. The minimum Gasteiger partial charge on any atom is -0.356 e. The minimum absolute atomic E-state index is 0.629. The maximum atomic E-state index is 6.01. The Morgan fingerprint density at radius 2 is 2.21 bits per heavy atom. The highest BCUT2D eigenvalue weighted by atomic mass is 35.5. The summed E-state index contributed by atoms with van der Waals surface area (Å²) in [6.45, 7) is 2.43. The van der Waals surface area contributed by atoms with Crippen LogP contribution in [0.15, 0.2) is 29.3 Å². The average molecular weight is 347 g/mol. The second-order valence-electron chi connectivity index (χ2n) is 5.87. The van der Waals surface area contributed by atoms with Crippen LogP contribution in [0.2, 0.25) is 5.02 Å². The number of guanidine groups is 1. The third-order valence-corrected chi connectivity index (χ3v) is 4.40. The SMILES string of the molecule is CN=C(NCCc1cccc(Cl)c1)NCc1nnc2n1CCCC2. The molecule has 1 aromatic heterocycles. The van der Waals surface area contributed by atoms with E-state index in [0.29, 0.717) is 6.54 Å². The van der Waals surface area contributed by atoms with E-state index in [0.717, 1.165) is 48.6 Å². The molecule has 0 radical (unpaired) electrons. The van der Waals surface area contributed by atoms with Crippen LogP contribution in [0, 0.1) is 0 Å². The first kappa shape index (κ1) is 16.8. The molecule has 1 aromatic carbocycles. The second-order valence-corrected chi connectivity index (χ2v) is 6.31. The number of hydrogen-bond donors (Lipinski definition) is 2. The predicted molar refractivity (Wildman–Crippen MR) is 96.3 cm³/mol. The molecule has 6 nitrogen and oxygen atoms in total. The average Bonchev–Trinajstić information content (AvgIpc) is 3.01. The molecule has 0 aliphatic carbocycles. The fraction of sp³-hybridized carbons (Fsp3) is 0.471. The smallest absolute Gasteiger partial charge is 0.191 e. The number of rotatable bonds is 5. The van der Waals surface area contributed by atoms with Gasteiger partial charge in [-0.25, -0.2) is 0 Å². The van der Waals surface area contributed by atoms with Gasteiger partial charge in [-0.05, 0) is 37.0 Å². The van der Waals surface area contributed by atoms with Crippen LogP contribution in [0.4, 0.5) is 0 Å². The van der Waals surface area contributed by atoms with Gasteiger partial charge in [-0.15, -0.1) is 10.2 Å². The molecule has 2 heterocycles. The van der Waals surface area contributed by atoms with Gasteiger partial charge in [0.05, 0.1) is 6.54 Å². The fourth-order valence-electron chi connectivity index (χ4n) is 2.90. The van der Waals surface area contributed by atoms with Crippen LogP contribution in [-0.4, -0.2) is 34.3 Å². The van der Waals surface area contributed by atoms with Gasteiger partial charge in [-0.2, -0.15) is 0 Å². The van der Waals surface area contributed by atoms with Gasteiger partial charge >= 0.3 is 0 Å². The number of aromatic nitrogens is 3. The van der Waals surface area contributed by atoms with Gasteiger partial charge in [0, 0.05) is 31.6 Å². The van der Waals surface area contributed by atoms with Gasteiger partial charge in [0.2, 0.25) is 0 Å². The number of halogens is 1. The number of hydrogen-bond acceptors (Lipinski definition) is 3. The maximum Gasteiger partial charge on any atom is 0.191 e. The highest BCUT2D eigenvalue weighted by Gasteiger charge is 2.15. The highest BCUT2D eigenvalue weighted by molar-refractivity contribution is 6.30. The van der Waals surface area contributed by atoms with Crippen molar-refractivity contribution >= 4 is 17.6 Å². The number of nitrogens with zero attached hydrogens (tertiary/aromatic N) is 4. The fourth-order valence-corrected chi connectivity index (χ4v) is 3.11. The Morgan fingerprint density at radius 1 is 1.29 bits per heavy atom. The van der Waals surface area contributed by atoms with E-state index in [4.69, 9.17) is 11.6 Å². The molecule has 0 atom stereocenters. The number of nitrogens with one attached hydrogen (secondary N) is 2. The topological polar surface area (TPSA) is 67.1 Å². The van der Waals surface area contributed by atoms with Crippen molar-refractivity contribution in [1.82, 2.24) is 25.4 Å².